The Hall–Kier alpha value is -2.21. The van der Waals surface area contributed by atoms with Crippen molar-refractivity contribution < 1.29 is 13.5 Å². The first-order valence-electron chi connectivity index (χ1n) is 7.39. The number of pyridine rings is 2. The Labute approximate surface area is 143 Å². The standard InChI is InChI=1S/C17H17ClF2N2O2/c1-4-12(5-2)22-10(3)6-15(16(18)17(22)23)24-9-14-13(20)7-11(19)8-21-14/h4,6-8H,5,9H2,1-3H3/b12-4+. The number of hydrogen-bond acceptors (Lipinski definition) is 3. The molecule has 0 unspecified atom stereocenters. The molecule has 128 valence electrons. The molecule has 2 aromatic heterocycles. The van der Waals surface area contributed by atoms with Crippen LogP contribution in [0.15, 0.2) is 29.2 Å². The van der Waals surface area contributed by atoms with Gasteiger partial charge in [0.15, 0.2) is 5.82 Å². The van der Waals surface area contributed by atoms with Crippen molar-refractivity contribution in [3.63, 3.8) is 0 Å². The van der Waals surface area contributed by atoms with Gasteiger partial charge in [-0.15, -0.1) is 0 Å². The van der Waals surface area contributed by atoms with Gasteiger partial charge in [-0.2, -0.15) is 0 Å². The third kappa shape index (κ3) is 3.64. The molecule has 0 N–H and O–H groups in total. The zero-order chi connectivity index (χ0) is 17.9. The van der Waals surface area contributed by atoms with E-state index in [0.717, 1.165) is 18.0 Å². The molecule has 0 atom stereocenters. The van der Waals surface area contributed by atoms with Crippen LogP contribution < -0.4 is 10.3 Å². The van der Waals surface area contributed by atoms with Gasteiger partial charge in [0.25, 0.3) is 5.56 Å². The van der Waals surface area contributed by atoms with Crippen molar-refractivity contribution in [2.24, 2.45) is 0 Å². The van der Waals surface area contributed by atoms with E-state index < -0.39 is 17.2 Å². The first-order valence-corrected chi connectivity index (χ1v) is 7.77. The summed E-state index contributed by atoms with van der Waals surface area (Å²) in [6.07, 6.45) is 3.40. The number of ether oxygens (including phenoxy) is 1. The van der Waals surface area contributed by atoms with Crippen molar-refractivity contribution >= 4 is 17.3 Å². The largest absolute Gasteiger partial charge is 0.485 e. The lowest BCUT2D eigenvalue weighted by molar-refractivity contribution is 0.292. The summed E-state index contributed by atoms with van der Waals surface area (Å²) in [5.41, 5.74) is 0.977. The highest BCUT2D eigenvalue weighted by Crippen LogP contribution is 2.25. The topological polar surface area (TPSA) is 44.1 Å². The number of aromatic nitrogens is 2. The summed E-state index contributed by atoms with van der Waals surface area (Å²) in [5.74, 6) is -1.46. The molecule has 0 amide bonds. The minimum absolute atomic E-state index is 0.0722. The second-order valence-corrected chi connectivity index (χ2v) is 5.49. The van der Waals surface area contributed by atoms with Gasteiger partial charge in [-0.3, -0.25) is 14.3 Å². The predicted molar refractivity (Wildman–Crippen MR) is 89.2 cm³/mol. The molecule has 0 saturated carbocycles. The van der Waals surface area contributed by atoms with Crippen LogP contribution >= 0.6 is 11.6 Å². The summed E-state index contributed by atoms with van der Waals surface area (Å²) in [4.78, 5) is 16.1. The molecule has 0 aliphatic carbocycles. The summed E-state index contributed by atoms with van der Waals surface area (Å²) in [6, 6.07) is 2.32. The van der Waals surface area contributed by atoms with Gasteiger partial charge in [0.05, 0.1) is 6.20 Å². The van der Waals surface area contributed by atoms with E-state index in [9.17, 15) is 13.6 Å². The van der Waals surface area contributed by atoms with Crippen molar-refractivity contribution in [1.29, 1.82) is 0 Å². The SMILES string of the molecule is C/C=C(\CC)n1c(C)cc(OCc2ncc(F)cc2F)c(Cl)c1=O. The van der Waals surface area contributed by atoms with Gasteiger partial charge in [-0.25, -0.2) is 8.78 Å². The van der Waals surface area contributed by atoms with Gasteiger partial charge in [0.2, 0.25) is 0 Å². The Bertz CT molecular complexity index is 847. The maximum Gasteiger partial charge on any atom is 0.277 e. The summed E-state index contributed by atoms with van der Waals surface area (Å²) in [6.45, 7) is 5.26. The molecule has 0 aliphatic heterocycles. The third-order valence-corrected chi connectivity index (χ3v) is 3.88. The molecular formula is C17H17ClF2N2O2. The van der Waals surface area contributed by atoms with Crippen LogP contribution in [0.3, 0.4) is 0 Å². The van der Waals surface area contributed by atoms with Crippen LogP contribution in [0.5, 0.6) is 5.75 Å². The van der Waals surface area contributed by atoms with Gasteiger partial charge in [0.1, 0.15) is 28.9 Å². The monoisotopic (exact) mass is 354 g/mol. The average molecular weight is 355 g/mol. The fraction of sp³-hybridized carbons (Fsp3) is 0.294. The fourth-order valence-electron chi connectivity index (χ4n) is 2.33. The fourth-order valence-corrected chi connectivity index (χ4v) is 2.52. The van der Waals surface area contributed by atoms with E-state index in [4.69, 9.17) is 16.3 Å². The van der Waals surface area contributed by atoms with Crippen LogP contribution in [0.1, 0.15) is 31.7 Å². The average Bonchev–Trinajstić information content (AvgIpc) is 2.55. The molecule has 7 heteroatoms. The Balaban J connectivity index is 2.34. The van der Waals surface area contributed by atoms with E-state index in [1.165, 1.54) is 4.57 Å². The van der Waals surface area contributed by atoms with E-state index in [0.29, 0.717) is 12.1 Å². The van der Waals surface area contributed by atoms with Crippen LogP contribution in [0.4, 0.5) is 8.78 Å². The van der Waals surface area contributed by atoms with Gasteiger partial charge in [0, 0.05) is 23.5 Å². The van der Waals surface area contributed by atoms with Gasteiger partial charge in [-0.05, 0) is 20.3 Å². The molecule has 2 rings (SSSR count). The summed E-state index contributed by atoms with van der Waals surface area (Å²) in [5, 5.41) is -0.101. The predicted octanol–water partition coefficient (Wildman–Crippen LogP) is 4.33. The highest BCUT2D eigenvalue weighted by Gasteiger charge is 2.15. The van der Waals surface area contributed by atoms with Crippen LogP contribution in [0.2, 0.25) is 5.02 Å². The van der Waals surface area contributed by atoms with Gasteiger partial charge in [-0.1, -0.05) is 24.6 Å². The number of nitrogens with zero attached hydrogens (tertiary/aromatic N) is 2. The molecule has 0 bridgehead atoms. The van der Waals surface area contributed by atoms with Gasteiger partial charge >= 0.3 is 0 Å². The number of halogens is 3. The molecule has 24 heavy (non-hydrogen) atoms. The van der Waals surface area contributed by atoms with E-state index in [1.807, 2.05) is 19.9 Å². The highest BCUT2D eigenvalue weighted by molar-refractivity contribution is 6.31. The molecular weight excluding hydrogens is 338 g/mol. The van der Waals surface area contributed by atoms with Crippen molar-refractivity contribution in [3.8, 4) is 5.75 Å². The lowest BCUT2D eigenvalue weighted by Gasteiger charge is -2.15. The zero-order valence-corrected chi connectivity index (χ0v) is 14.3. The Morgan fingerprint density at radius 2 is 2.12 bits per heavy atom. The Morgan fingerprint density at radius 1 is 1.42 bits per heavy atom. The molecule has 0 saturated heterocycles. The lowest BCUT2D eigenvalue weighted by Crippen LogP contribution is -2.22. The van der Waals surface area contributed by atoms with Crippen molar-refractivity contribution in [2.75, 3.05) is 0 Å². The number of aryl methyl sites for hydroxylation is 1. The first kappa shape index (κ1) is 18.1. The number of allylic oxidation sites excluding steroid dienone is 2. The molecule has 0 aliphatic rings. The van der Waals surface area contributed by atoms with Crippen molar-refractivity contribution in [3.05, 3.63) is 62.8 Å². The Morgan fingerprint density at radius 3 is 2.71 bits per heavy atom. The van der Waals surface area contributed by atoms with Crippen LogP contribution in [0.25, 0.3) is 5.70 Å². The molecule has 0 aromatic carbocycles. The van der Waals surface area contributed by atoms with Crippen LogP contribution in [-0.2, 0) is 6.61 Å². The van der Waals surface area contributed by atoms with E-state index >= 15 is 0 Å². The summed E-state index contributed by atoms with van der Waals surface area (Å²) >= 11 is 6.10. The lowest BCUT2D eigenvalue weighted by atomic mass is 10.2. The first-order chi connectivity index (χ1) is 11.4. The van der Waals surface area contributed by atoms with E-state index in [2.05, 4.69) is 4.98 Å². The van der Waals surface area contributed by atoms with Crippen molar-refractivity contribution in [1.82, 2.24) is 9.55 Å². The second kappa shape index (κ2) is 7.57. The van der Waals surface area contributed by atoms with Gasteiger partial charge < -0.3 is 4.74 Å². The highest BCUT2D eigenvalue weighted by atomic mass is 35.5. The molecule has 0 fully saturated rings. The molecule has 0 spiro atoms. The normalized spacial score (nSPS) is 11.7. The van der Waals surface area contributed by atoms with E-state index in [1.54, 1.807) is 13.0 Å². The van der Waals surface area contributed by atoms with Crippen LogP contribution in [0, 0.1) is 18.6 Å². The maximum atomic E-state index is 13.6. The minimum atomic E-state index is -0.821. The van der Waals surface area contributed by atoms with Crippen LogP contribution in [-0.4, -0.2) is 9.55 Å². The Kier molecular flexibility index (Phi) is 5.72. The number of rotatable bonds is 5. The number of hydrogen-bond donors (Lipinski definition) is 0. The molecule has 0 radical (unpaired) electrons. The summed E-state index contributed by atoms with van der Waals surface area (Å²) < 4.78 is 33.4. The smallest absolute Gasteiger partial charge is 0.277 e. The molecule has 2 aromatic rings. The second-order valence-electron chi connectivity index (χ2n) is 5.11. The molecule has 4 nitrogen and oxygen atoms in total. The maximum absolute atomic E-state index is 13.6. The van der Waals surface area contributed by atoms with Crippen molar-refractivity contribution in [2.45, 2.75) is 33.8 Å². The quantitative estimate of drug-likeness (QED) is 0.802. The third-order valence-electron chi connectivity index (χ3n) is 3.53. The van der Waals surface area contributed by atoms with E-state index in [-0.39, 0.29) is 23.1 Å². The molecule has 2 heterocycles. The minimum Gasteiger partial charge on any atom is -0.485 e. The summed E-state index contributed by atoms with van der Waals surface area (Å²) in [7, 11) is 0. The zero-order valence-electron chi connectivity index (χ0n) is 13.6.